The van der Waals surface area contributed by atoms with Gasteiger partial charge in [-0.2, -0.15) is 0 Å². The zero-order chi connectivity index (χ0) is 15.6. The first-order valence-electron chi connectivity index (χ1n) is 6.38. The predicted octanol–water partition coefficient (Wildman–Crippen LogP) is 1.27. The molecular weight excluding hydrogens is 281 g/mol. The molecule has 21 heavy (non-hydrogen) atoms. The quantitative estimate of drug-likeness (QED) is 0.853. The molecule has 2 unspecified atom stereocenters. The van der Waals surface area contributed by atoms with E-state index in [1.54, 1.807) is 6.07 Å². The molecule has 6 nitrogen and oxygen atoms in total. The first-order valence-corrected chi connectivity index (χ1v) is 6.38. The lowest BCUT2D eigenvalue weighted by Gasteiger charge is -2.27. The van der Waals surface area contributed by atoms with E-state index in [1.165, 1.54) is 18.2 Å². The Hall–Kier alpha value is -2.44. The third kappa shape index (κ3) is 3.18. The number of benzene rings is 1. The summed E-state index contributed by atoms with van der Waals surface area (Å²) in [5.74, 6) is -4.28. The zero-order valence-electron chi connectivity index (χ0n) is 11.0. The van der Waals surface area contributed by atoms with Crippen LogP contribution in [0.4, 0.5) is 4.39 Å². The summed E-state index contributed by atoms with van der Waals surface area (Å²) in [7, 11) is 0. The second kappa shape index (κ2) is 5.90. The monoisotopic (exact) mass is 295 g/mol. The molecule has 1 aliphatic rings. The van der Waals surface area contributed by atoms with Gasteiger partial charge in [0.05, 0.1) is 18.4 Å². The smallest absolute Gasteiger partial charge is 0.308 e. The number of carboxylic acids is 2. The first-order chi connectivity index (χ1) is 9.90. The first kappa shape index (κ1) is 15.0. The average Bonchev–Trinajstić information content (AvgIpc) is 2.79. The summed E-state index contributed by atoms with van der Waals surface area (Å²) < 4.78 is 13.9. The van der Waals surface area contributed by atoms with Gasteiger partial charge < -0.3 is 15.1 Å². The molecule has 0 aliphatic carbocycles. The number of aliphatic carboxylic acids is 2. The molecule has 2 rings (SSSR count). The SMILES string of the molecule is O=C(O)CC(c1ccccc1F)N1CC(C(=O)O)CC1=O. The van der Waals surface area contributed by atoms with Crippen molar-refractivity contribution in [2.75, 3.05) is 6.54 Å². The molecule has 1 aromatic rings. The van der Waals surface area contributed by atoms with Gasteiger partial charge in [-0.05, 0) is 6.07 Å². The van der Waals surface area contributed by atoms with Crippen molar-refractivity contribution in [1.82, 2.24) is 4.90 Å². The Balaban J connectivity index is 2.33. The van der Waals surface area contributed by atoms with Gasteiger partial charge in [0.1, 0.15) is 5.82 Å². The highest BCUT2D eigenvalue weighted by atomic mass is 19.1. The molecule has 0 saturated carbocycles. The number of nitrogens with zero attached hydrogens (tertiary/aromatic N) is 1. The van der Waals surface area contributed by atoms with Crippen molar-refractivity contribution in [2.45, 2.75) is 18.9 Å². The van der Waals surface area contributed by atoms with E-state index in [-0.39, 0.29) is 18.5 Å². The number of halogens is 1. The molecule has 1 saturated heterocycles. The van der Waals surface area contributed by atoms with Crippen LogP contribution in [-0.2, 0) is 14.4 Å². The molecule has 112 valence electrons. The van der Waals surface area contributed by atoms with Crippen LogP contribution in [0.1, 0.15) is 24.4 Å². The highest BCUT2D eigenvalue weighted by Crippen LogP contribution is 2.32. The van der Waals surface area contributed by atoms with Gasteiger partial charge in [0.15, 0.2) is 0 Å². The molecular formula is C14H14FNO5. The Morgan fingerprint density at radius 1 is 1.33 bits per heavy atom. The van der Waals surface area contributed by atoms with E-state index in [0.29, 0.717) is 0 Å². The predicted molar refractivity (Wildman–Crippen MR) is 68.8 cm³/mol. The maximum absolute atomic E-state index is 13.9. The molecule has 1 aromatic carbocycles. The minimum atomic E-state index is -1.19. The van der Waals surface area contributed by atoms with Crippen LogP contribution in [0.2, 0.25) is 0 Å². The van der Waals surface area contributed by atoms with Crippen molar-refractivity contribution in [3.8, 4) is 0 Å². The normalized spacial score (nSPS) is 19.6. The molecule has 1 aliphatic heterocycles. The third-order valence-electron chi connectivity index (χ3n) is 3.52. The third-order valence-corrected chi connectivity index (χ3v) is 3.52. The van der Waals surface area contributed by atoms with E-state index in [1.807, 2.05) is 0 Å². The van der Waals surface area contributed by atoms with Crippen LogP contribution in [0.5, 0.6) is 0 Å². The number of likely N-dealkylation sites (tertiary alicyclic amines) is 1. The van der Waals surface area contributed by atoms with Crippen LogP contribution in [-0.4, -0.2) is 39.5 Å². The molecule has 0 radical (unpaired) electrons. The maximum Gasteiger partial charge on any atom is 0.308 e. The largest absolute Gasteiger partial charge is 0.481 e. The maximum atomic E-state index is 13.9. The summed E-state index contributed by atoms with van der Waals surface area (Å²) in [5.41, 5.74) is 0.0827. The molecule has 7 heteroatoms. The van der Waals surface area contributed by atoms with Crippen LogP contribution >= 0.6 is 0 Å². The van der Waals surface area contributed by atoms with Crippen molar-refractivity contribution in [2.24, 2.45) is 5.92 Å². The van der Waals surface area contributed by atoms with Gasteiger partial charge in [-0.3, -0.25) is 14.4 Å². The number of hydrogen-bond donors (Lipinski definition) is 2. The summed E-state index contributed by atoms with van der Waals surface area (Å²) in [6.45, 7) is -0.111. The van der Waals surface area contributed by atoms with E-state index in [4.69, 9.17) is 10.2 Å². The van der Waals surface area contributed by atoms with E-state index >= 15 is 0 Å². The Labute approximate surface area is 119 Å². The van der Waals surface area contributed by atoms with Gasteiger partial charge in [0.2, 0.25) is 5.91 Å². The summed E-state index contributed by atoms with van der Waals surface area (Å²) in [4.78, 5) is 35.1. The van der Waals surface area contributed by atoms with Gasteiger partial charge in [0, 0.05) is 18.5 Å². The van der Waals surface area contributed by atoms with Crippen LogP contribution in [0.3, 0.4) is 0 Å². The second-order valence-electron chi connectivity index (χ2n) is 4.92. The number of carbonyl (C=O) groups is 3. The fraction of sp³-hybridized carbons (Fsp3) is 0.357. The Morgan fingerprint density at radius 2 is 2.00 bits per heavy atom. The van der Waals surface area contributed by atoms with Gasteiger partial charge in [-0.15, -0.1) is 0 Å². The lowest BCUT2D eigenvalue weighted by Crippen LogP contribution is -2.33. The van der Waals surface area contributed by atoms with E-state index in [0.717, 1.165) is 4.90 Å². The molecule has 2 atom stereocenters. The molecule has 0 spiro atoms. The standard InChI is InChI=1S/C14H14FNO5/c15-10-4-2-1-3-9(10)11(6-13(18)19)16-7-8(14(20)21)5-12(16)17/h1-4,8,11H,5-7H2,(H,18,19)(H,20,21). The van der Waals surface area contributed by atoms with E-state index < -0.39 is 42.0 Å². The lowest BCUT2D eigenvalue weighted by molar-refractivity contribution is -0.141. The molecule has 1 amide bonds. The van der Waals surface area contributed by atoms with Gasteiger partial charge >= 0.3 is 11.9 Å². The average molecular weight is 295 g/mol. The molecule has 0 aromatic heterocycles. The topological polar surface area (TPSA) is 94.9 Å². The highest BCUT2D eigenvalue weighted by molar-refractivity contribution is 5.86. The second-order valence-corrected chi connectivity index (χ2v) is 4.92. The number of carboxylic acid groups (broad SMARTS) is 2. The summed E-state index contributed by atoms with van der Waals surface area (Å²) in [5, 5.41) is 17.9. The van der Waals surface area contributed by atoms with Crippen molar-refractivity contribution >= 4 is 17.8 Å². The van der Waals surface area contributed by atoms with Crippen LogP contribution in [0, 0.1) is 11.7 Å². The van der Waals surface area contributed by atoms with Gasteiger partial charge in [-0.25, -0.2) is 4.39 Å². The van der Waals surface area contributed by atoms with Crippen molar-refractivity contribution in [3.05, 3.63) is 35.6 Å². The zero-order valence-corrected chi connectivity index (χ0v) is 11.0. The lowest BCUT2D eigenvalue weighted by atomic mass is 10.0. The molecule has 1 fully saturated rings. The van der Waals surface area contributed by atoms with E-state index in [2.05, 4.69) is 0 Å². The minimum absolute atomic E-state index is 0.0827. The summed E-state index contributed by atoms with van der Waals surface area (Å²) in [6.07, 6.45) is -0.668. The van der Waals surface area contributed by atoms with Crippen molar-refractivity contribution in [3.63, 3.8) is 0 Å². The van der Waals surface area contributed by atoms with Crippen LogP contribution in [0.15, 0.2) is 24.3 Å². The van der Waals surface area contributed by atoms with Crippen LogP contribution in [0.25, 0.3) is 0 Å². The van der Waals surface area contributed by atoms with E-state index in [9.17, 15) is 18.8 Å². The van der Waals surface area contributed by atoms with Gasteiger partial charge in [-0.1, -0.05) is 18.2 Å². The Morgan fingerprint density at radius 3 is 2.52 bits per heavy atom. The molecule has 1 heterocycles. The van der Waals surface area contributed by atoms with Gasteiger partial charge in [0.25, 0.3) is 0 Å². The fourth-order valence-electron chi connectivity index (χ4n) is 2.50. The Kier molecular flexibility index (Phi) is 4.21. The summed E-state index contributed by atoms with van der Waals surface area (Å²) >= 11 is 0. The highest BCUT2D eigenvalue weighted by Gasteiger charge is 2.39. The van der Waals surface area contributed by atoms with Crippen molar-refractivity contribution in [1.29, 1.82) is 0 Å². The Bertz CT molecular complexity index is 588. The van der Waals surface area contributed by atoms with Crippen LogP contribution < -0.4 is 0 Å². The minimum Gasteiger partial charge on any atom is -0.481 e. The molecule has 2 N–H and O–H groups in total. The molecule has 0 bridgehead atoms. The fourth-order valence-corrected chi connectivity index (χ4v) is 2.50. The number of rotatable bonds is 5. The number of hydrogen-bond acceptors (Lipinski definition) is 3. The number of carbonyl (C=O) groups excluding carboxylic acids is 1. The van der Waals surface area contributed by atoms with Crippen molar-refractivity contribution < 1.29 is 29.0 Å². The number of amides is 1. The summed E-state index contributed by atoms with van der Waals surface area (Å²) in [6, 6.07) is 4.59.